The van der Waals surface area contributed by atoms with Gasteiger partial charge >= 0.3 is 0 Å². The highest BCUT2D eigenvalue weighted by atomic mass is 16.2. The molecule has 2 amide bonds. The highest BCUT2D eigenvalue weighted by molar-refractivity contribution is 5.95. The average Bonchev–Trinajstić information content (AvgIpc) is 2.76. The van der Waals surface area contributed by atoms with Gasteiger partial charge in [-0.1, -0.05) is 6.92 Å². The smallest absolute Gasteiger partial charge is 0.248 e. The lowest BCUT2D eigenvalue weighted by Gasteiger charge is -2.14. The van der Waals surface area contributed by atoms with Gasteiger partial charge in [0.05, 0.1) is 5.92 Å². The summed E-state index contributed by atoms with van der Waals surface area (Å²) in [5, 5.41) is 6.04. The van der Waals surface area contributed by atoms with Crippen LogP contribution in [0.2, 0.25) is 0 Å². The van der Waals surface area contributed by atoms with Crippen LogP contribution in [0.25, 0.3) is 0 Å². The number of hydrogen-bond acceptors (Lipinski definition) is 3. The normalized spacial score (nSPS) is 22.7. The number of carbonyl (C=O) groups is 2. The molecule has 2 rings (SSSR count). The molecule has 1 heterocycles. The molecule has 5 heteroatoms. The van der Waals surface area contributed by atoms with Crippen LogP contribution in [0.4, 0.5) is 5.69 Å². The van der Waals surface area contributed by atoms with E-state index in [0.717, 1.165) is 6.54 Å². The second-order valence-electron chi connectivity index (χ2n) is 4.67. The predicted octanol–water partition coefficient (Wildman–Crippen LogP) is 0.580. The van der Waals surface area contributed by atoms with Gasteiger partial charge in [-0.15, -0.1) is 0 Å². The summed E-state index contributed by atoms with van der Waals surface area (Å²) in [7, 11) is 0. The third kappa shape index (κ3) is 2.68. The highest BCUT2D eigenvalue weighted by Crippen LogP contribution is 2.18. The fourth-order valence-corrected chi connectivity index (χ4v) is 2.11. The van der Waals surface area contributed by atoms with E-state index in [2.05, 4.69) is 17.6 Å². The molecule has 0 unspecified atom stereocenters. The Hall–Kier alpha value is -1.88. The van der Waals surface area contributed by atoms with E-state index in [1.54, 1.807) is 24.3 Å². The SMILES string of the molecule is C[C@@H]1CNC[C@H]1C(=O)Nc1ccc(C(N)=O)cc1. The molecule has 0 saturated carbocycles. The maximum absolute atomic E-state index is 12.0. The first-order valence-corrected chi connectivity index (χ1v) is 5.99. The maximum Gasteiger partial charge on any atom is 0.248 e. The molecule has 18 heavy (non-hydrogen) atoms. The molecule has 0 bridgehead atoms. The fourth-order valence-electron chi connectivity index (χ4n) is 2.11. The maximum atomic E-state index is 12.0. The van der Waals surface area contributed by atoms with E-state index in [0.29, 0.717) is 23.7 Å². The Balaban J connectivity index is 2.00. The first-order chi connectivity index (χ1) is 8.58. The Morgan fingerprint density at radius 1 is 1.28 bits per heavy atom. The van der Waals surface area contributed by atoms with Gasteiger partial charge in [-0.05, 0) is 36.7 Å². The number of carbonyl (C=O) groups excluding carboxylic acids is 2. The van der Waals surface area contributed by atoms with E-state index < -0.39 is 5.91 Å². The average molecular weight is 247 g/mol. The van der Waals surface area contributed by atoms with Crippen molar-refractivity contribution in [1.29, 1.82) is 0 Å². The molecule has 0 spiro atoms. The standard InChI is InChI=1S/C13H17N3O2/c1-8-6-15-7-11(8)13(18)16-10-4-2-9(3-5-10)12(14)17/h2-5,8,11,15H,6-7H2,1H3,(H2,14,17)(H,16,18)/t8-,11-/m1/s1. The monoisotopic (exact) mass is 247 g/mol. The third-order valence-electron chi connectivity index (χ3n) is 3.29. The van der Waals surface area contributed by atoms with Crippen molar-refractivity contribution in [2.24, 2.45) is 17.6 Å². The van der Waals surface area contributed by atoms with Gasteiger partial charge in [-0.3, -0.25) is 9.59 Å². The number of nitrogens with two attached hydrogens (primary N) is 1. The molecular formula is C13H17N3O2. The zero-order valence-electron chi connectivity index (χ0n) is 10.3. The lowest BCUT2D eigenvalue weighted by atomic mass is 9.97. The minimum absolute atomic E-state index is 0.000756. The summed E-state index contributed by atoms with van der Waals surface area (Å²) in [4.78, 5) is 22.9. The van der Waals surface area contributed by atoms with Crippen molar-refractivity contribution >= 4 is 17.5 Å². The Morgan fingerprint density at radius 3 is 2.44 bits per heavy atom. The fraction of sp³-hybridized carbons (Fsp3) is 0.385. The van der Waals surface area contributed by atoms with Gasteiger partial charge in [0.2, 0.25) is 11.8 Å². The second kappa shape index (κ2) is 5.18. The number of amides is 2. The van der Waals surface area contributed by atoms with Crippen LogP contribution in [0.3, 0.4) is 0 Å². The molecule has 1 aromatic rings. The topological polar surface area (TPSA) is 84.2 Å². The Kier molecular flexibility index (Phi) is 3.62. The molecule has 1 saturated heterocycles. The summed E-state index contributed by atoms with van der Waals surface area (Å²) in [6.07, 6.45) is 0. The summed E-state index contributed by atoms with van der Waals surface area (Å²) in [6.45, 7) is 3.64. The van der Waals surface area contributed by atoms with Crippen molar-refractivity contribution in [1.82, 2.24) is 5.32 Å². The van der Waals surface area contributed by atoms with Crippen LogP contribution in [-0.4, -0.2) is 24.9 Å². The molecule has 1 aromatic carbocycles. The quantitative estimate of drug-likeness (QED) is 0.730. The minimum atomic E-state index is -0.471. The second-order valence-corrected chi connectivity index (χ2v) is 4.67. The number of primary amides is 1. The molecule has 5 nitrogen and oxygen atoms in total. The van der Waals surface area contributed by atoms with Gasteiger partial charge in [-0.2, -0.15) is 0 Å². The van der Waals surface area contributed by atoms with Gasteiger partial charge in [-0.25, -0.2) is 0 Å². The summed E-state index contributed by atoms with van der Waals surface area (Å²) < 4.78 is 0. The highest BCUT2D eigenvalue weighted by Gasteiger charge is 2.29. The Labute approximate surface area is 106 Å². The Bertz CT molecular complexity index is 456. The van der Waals surface area contributed by atoms with Crippen LogP contribution in [0.1, 0.15) is 17.3 Å². The summed E-state index contributed by atoms with van der Waals surface area (Å²) >= 11 is 0. The molecule has 0 aromatic heterocycles. The lowest BCUT2D eigenvalue weighted by molar-refractivity contribution is -0.120. The van der Waals surface area contributed by atoms with E-state index in [9.17, 15) is 9.59 Å². The molecular weight excluding hydrogens is 230 g/mol. The zero-order valence-corrected chi connectivity index (χ0v) is 10.3. The largest absolute Gasteiger partial charge is 0.366 e. The number of rotatable bonds is 3. The van der Waals surface area contributed by atoms with Crippen molar-refractivity contribution in [3.63, 3.8) is 0 Å². The van der Waals surface area contributed by atoms with E-state index in [4.69, 9.17) is 5.73 Å². The van der Waals surface area contributed by atoms with Crippen molar-refractivity contribution in [2.45, 2.75) is 6.92 Å². The van der Waals surface area contributed by atoms with Gasteiger partial charge < -0.3 is 16.4 Å². The lowest BCUT2D eigenvalue weighted by Crippen LogP contribution is -2.27. The molecule has 1 fully saturated rings. The van der Waals surface area contributed by atoms with Crippen LogP contribution in [-0.2, 0) is 4.79 Å². The van der Waals surface area contributed by atoms with Crippen LogP contribution in [0, 0.1) is 11.8 Å². The summed E-state index contributed by atoms with van der Waals surface area (Å²) in [5.41, 5.74) is 6.27. The summed E-state index contributed by atoms with van der Waals surface area (Å²) in [5.74, 6) is -0.114. The zero-order chi connectivity index (χ0) is 13.1. The van der Waals surface area contributed by atoms with Gasteiger partial charge in [0.15, 0.2) is 0 Å². The molecule has 1 aliphatic heterocycles. The van der Waals surface area contributed by atoms with Crippen molar-refractivity contribution in [2.75, 3.05) is 18.4 Å². The van der Waals surface area contributed by atoms with Crippen LogP contribution >= 0.6 is 0 Å². The Morgan fingerprint density at radius 2 is 1.94 bits per heavy atom. The third-order valence-corrected chi connectivity index (χ3v) is 3.29. The molecule has 96 valence electrons. The van der Waals surface area contributed by atoms with E-state index in [1.165, 1.54) is 0 Å². The van der Waals surface area contributed by atoms with E-state index >= 15 is 0 Å². The predicted molar refractivity (Wildman–Crippen MR) is 69.1 cm³/mol. The molecule has 2 atom stereocenters. The molecule has 4 N–H and O–H groups in total. The molecule has 0 aliphatic carbocycles. The first kappa shape index (κ1) is 12.6. The van der Waals surface area contributed by atoms with Crippen molar-refractivity contribution in [3.8, 4) is 0 Å². The van der Waals surface area contributed by atoms with Gasteiger partial charge in [0.25, 0.3) is 0 Å². The van der Waals surface area contributed by atoms with Crippen LogP contribution < -0.4 is 16.4 Å². The van der Waals surface area contributed by atoms with Crippen molar-refractivity contribution in [3.05, 3.63) is 29.8 Å². The van der Waals surface area contributed by atoms with Crippen LogP contribution in [0.5, 0.6) is 0 Å². The number of anilines is 1. The van der Waals surface area contributed by atoms with Crippen LogP contribution in [0.15, 0.2) is 24.3 Å². The van der Waals surface area contributed by atoms with E-state index in [1.807, 2.05) is 0 Å². The first-order valence-electron chi connectivity index (χ1n) is 5.99. The minimum Gasteiger partial charge on any atom is -0.366 e. The number of benzene rings is 1. The molecule has 1 aliphatic rings. The molecule has 0 radical (unpaired) electrons. The number of nitrogens with one attached hydrogen (secondary N) is 2. The van der Waals surface area contributed by atoms with E-state index in [-0.39, 0.29) is 11.8 Å². The van der Waals surface area contributed by atoms with Gasteiger partial charge in [0.1, 0.15) is 0 Å². The summed E-state index contributed by atoms with van der Waals surface area (Å²) in [6, 6.07) is 6.58. The van der Waals surface area contributed by atoms with Crippen molar-refractivity contribution < 1.29 is 9.59 Å². The van der Waals surface area contributed by atoms with Gasteiger partial charge in [0, 0.05) is 17.8 Å². The number of hydrogen-bond donors (Lipinski definition) is 3.